The number of anilines is 1. The summed E-state index contributed by atoms with van der Waals surface area (Å²) in [6.45, 7) is 7.30. The molecule has 0 saturated carbocycles. The summed E-state index contributed by atoms with van der Waals surface area (Å²) in [5.41, 5.74) is 1.48. The Morgan fingerprint density at radius 3 is 2.67 bits per heavy atom. The van der Waals surface area contributed by atoms with Crippen LogP contribution in [-0.4, -0.2) is 29.6 Å². The second-order valence-corrected chi connectivity index (χ2v) is 6.17. The summed E-state index contributed by atoms with van der Waals surface area (Å²) in [6, 6.07) is 7.48. The molecule has 1 atom stereocenters. The first-order valence-corrected chi connectivity index (χ1v) is 8.41. The van der Waals surface area contributed by atoms with Gasteiger partial charge < -0.3 is 9.47 Å². The molecule has 24 heavy (non-hydrogen) atoms. The minimum absolute atomic E-state index is 0.291. The van der Waals surface area contributed by atoms with Crippen LogP contribution in [0.5, 0.6) is 5.75 Å². The standard InChI is InChI=1S/C17H20N2O4S/c1-5-22-16(21)14-11(3)18-17(24-14)19-15(20)12(4)23-13-9-7-6-8-10(13)2/h6-9,12H,5H2,1-4H3,(H,18,19,20)/t12-/m0/s1. The lowest BCUT2D eigenvalue weighted by atomic mass is 10.2. The van der Waals surface area contributed by atoms with E-state index in [0.717, 1.165) is 16.9 Å². The molecule has 1 heterocycles. The monoisotopic (exact) mass is 348 g/mol. The number of carbonyl (C=O) groups excluding carboxylic acids is 2. The first-order chi connectivity index (χ1) is 11.4. The largest absolute Gasteiger partial charge is 0.481 e. The number of nitrogens with zero attached hydrogens (tertiary/aromatic N) is 1. The molecule has 2 aromatic rings. The van der Waals surface area contributed by atoms with Crippen LogP contribution in [-0.2, 0) is 9.53 Å². The molecule has 0 aliphatic carbocycles. The summed E-state index contributed by atoms with van der Waals surface area (Å²) in [5, 5.41) is 3.02. The first kappa shape index (κ1) is 17.9. The predicted octanol–water partition coefficient (Wildman–Crippen LogP) is 3.34. The number of aromatic nitrogens is 1. The van der Waals surface area contributed by atoms with Gasteiger partial charge in [-0.3, -0.25) is 10.1 Å². The van der Waals surface area contributed by atoms with E-state index in [-0.39, 0.29) is 5.91 Å². The van der Waals surface area contributed by atoms with Gasteiger partial charge in [0.15, 0.2) is 11.2 Å². The van der Waals surface area contributed by atoms with E-state index in [1.54, 1.807) is 20.8 Å². The molecule has 0 aliphatic heterocycles. The van der Waals surface area contributed by atoms with Gasteiger partial charge in [-0.15, -0.1) is 0 Å². The Labute approximate surface area is 144 Å². The van der Waals surface area contributed by atoms with E-state index >= 15 is 0 Å². The molecule has 0 fully saturated rings. The Hall–Kier alpha value is -2.41. The topological polar surface area (TPSA) is 77.5 Å². The molecule has 7 heteroatoms. The van der Waals surface area contributed by atoms with Gasteiger partial charge in [0.2, 0.25) is 0 Å². The minimum Gasteiger partial charge on any atom is -0.481 e. The average molecular weight is 348 g/mol. The highest BCUT2D eigenvalue weighted by Gasteiger charge is 2.20. The van der Waals surface area contributed by atoms with Crippen molar-refractivity contribution >= 4 is 28.3 Å². The van der Waals surface area contributed by atoms with Crippen LogP contribution < -0.4 is 10.1 Å². The molecular formula is C17H20N2O4S. The number of rotatable bonds is 6. The van der Waals surface area contributed by atoms with Crippen LogP contribution in [0.15, 0.2) is 24.3 Å². The van der Waals surface area contributed by atoms with Gasteiger partial charge in [-0.25, -0.2) is 9.78 Å². The van der Waals surface area contributed by atoms with Gasteiger partial charge in [0.25, 0.3) is 5.91 Å². The number of hydrogen-bond acceptors (Lipinski definition) is 6. The fourth-order valence-corrected chi connectivity index (χ4v) is 2.84. The lowest BCUT2D eigenvalue weighted by molar-refractivity contribution is -0.122. The van der Waals surface area contributed by atoms with Crippen molar-refractivity contribution in [3.63, 3.8) is 0 Å². The molecule has 0 spiro atoms. The van der Waals surface area contributed by atoms with E-state index < -0.39 is 12.1 Å². The molecule has 1 aromatic heterocycles. The van der Waals surface area contributed by atoms with E-state index in [9.17, 15) is 9.59 Å². The van der Waals surface area contributed by atoms with Crippen LogP contribution in [0.3, 0.4) is 0 Å². The Morgan fingerprint density at radius 2 is 2.00 bits per heavy atom. The van der Waals surface area contributed by atoms with E-state index in [1.807, 2.05) is 31.2 Å². The van der Waals surface area contributed by atoms with Crippen molar-refractivity contribution in [2.75, 3.05) is 11.9 Å². The number of para-hydroxylation sites is 1. The van der Waals surface area contributed by atoms with Gasteiger partial charge in [-0.2, -0.15) is 0 Å². The summed E-state index contributed by atoms with van der Waals surface area (Å²) < 4.78 is 10.6. The third-order valence-electron chi connectivity index (χ3n) is 3.25. The fourth-order valence-electron chi connectivity index (χ4n) is 1.98. The number of carbonyl (C=O) groups is 2. The number of nitrogens with one attached hydrogen (secondary N) is 1. The van der Waals surface area contributed by atoms with E-state index in [4.69, 9.17) is 9.47 Å². The zero-order chi connectivity index (χ0) is 17.7. The Kier molecular flexibility index (Phi) is 5.92. The molecule has 0 saturated heterocycles. The summed E-state index contributed by atoms with van der Waals surface area (Å²) in [7, 11) is 0. The number of benzene rings is 1. The van der Waals surface area contributed by atoms with Crippen molar-refractivity contribution < 1.29 is 19.1 Å². The summed E-state index contributed by atoms with van der Waals surface area (Å²) in [5.74, 6) is -0.109. The molecule has 1 aromatic carbocycles. The fraction of sp³-hybridized carbons (Fsp3) is 0.353. The zero-order valence-electron chi connectivity index (χ0n) is 14.1. The van der Waals surface area contributed by atoms with Gasteiger partial charge in [-0.1, -0.05) is 29.5 Å². The van der Waals surface area contributed by atoms with Crippen LogP contribution in [0.1, 0.15) is 34.8 Å². The molecule has 0 aliphatic rings. The third-order valence-corrected chi connectivity index (χ3v) is 4.31. The highest BCUT2D eigenvalue weighted by molar-refractivity contribution is 7.17. The van der Waals surface area contributed by atoms with E-state index in [0.29, 0.717) is 28.1 Å². The summed E-state index contributed by atoms with van der Waals surface area (Å²) in [6.07, 6.45) is -0.693. The number of esters is 1. The maximum absolute atomic E-state index is 12.3. The number of thiazole rings is 1. The van der Waals surface area contributed by atoms with Crippen LogP contribution in [0.4, 0.5) is 5.13 Å². The van der Waals surface area contributed by atoms with Crippen molar-refractivity contribution in [1.29, 1.82) is 0 Å². The molecule has 0 unspecified atom stereocenters. The Morgan fingerprint density at radius 1 is 1.29 bits per heavy atom. The number of aryl methyl sites for hydroxylation is 2. The van der Waals surface area contributed by atoms with Gasteiger partial charge in [0.05, 0.1) is 12.3 Å². The second-order valence-electron chi connectivity index (χ2n) is 5.17. The van der Waals surface area contributed by atoms with Gasteiger partial charge in [-0.05, 0) is 39.3 Å². The number of ether oxygens (including phenoxy) is 2. The highest BCUT2D eigenvalue weighted by Crippen LogP contribution is 2.24. The molecule has 6 nitrogen and oxygen atoms in total. The predicted molar refractivity (Wildman–Crippen MR) is 92.7 cm³/mol. The molecular weight excluding hydrogens is 328 g/mol. The maximum atomic E-state index is 12.3. The summed E-state index contributed by atoms with van der Waals surface area (Å²) in [4.78, 5) is 28.6. The number of amides is 1. The number of hydrogen-bond donors (Lipinski definition) is 1. The molecule has 0 bridgehead atoms. The lowest BCUT2D eigenvalue weighted by Gasteiger charge is -2.15. The SMILES string of the molecule is CCOC(=O)c1sc(NC(=O)[C@H](C)Oc2ccccc2C)nc1C. The summed E-state index contributed by atoms with van der Waals surface area (Å²) >= 11 is 1.09. The van der Waals surface area contributed by atoms with Crippen LogP contribution in [0.2, 0.25) is 0 Å². The van der Waals surface area contributed by atoms with Crippen LogP contribution >= 0.6 is 11.3 Å². The van der Waals surface area contributed by atoms with Gasteiger partial charge in [0, 0.05) is 0 Å². The zero-order valence-corrected chi connectivity index (χ0v) is 14.9. The van der Waals surface area contributed by atoms with Gasteiger partial charge >= 0.3 is 5.97 Å². The first-order valence-electron chi connectivity index (χ1n) is 7.60. The molecule has 1 amide bonds. The van der Waals surface area contributed by atoms with Crippen LogP contribution in [0.25, 0.3) is 0 Å². The highest BCUT2D eigenvalue weighted by atomic mass is 32.1. The molecule has 0 radical (unpaired) electrons. The van der Waals surface area contributed by atoms with Crippen molar-refractivity contribution in [3.8, 4) is 5.75 Å². The van der Waals surface area contributed by atoms with Crippen molar-refractivity contribution in [2.24, 2.45) is 0 Å². The van der Waals surface area contributed by atoms with E-state index in [1.165, 1.54) is 0 Å². The minimum atomic E-state index is -0.693. The van der Waals surface area contributed by atoms with Crippen molar-refractivity contribution in [2.45, 2.75) is 33.8 Å². The Bertz CT molecular complexity index is 742. The molecule has 1 N–H and O–H groups in total. The molecule has 2 rings (SSSR count). The van der Waals surface area contributed by atoms with Gasteiger partial charge in [0.1, 0.15) is 10.6 Å². The third kappa shape index (κ3) is 4.32. The lowest BCUT2D eigenvalue weighted by Crippen LogP contribution is -2.30. The van der Waals surface area contributed by atoms with E-state index in [2.05, 4.69) is 10.3 Å². The second kappa shape index (κ2) is 7.92. The smallest absolute Gasteiger partial charge is 0.350 e. The molecule has 128 valence electrons. The Balaban J connectivity index is 2.03. The maximum Gasteiger partial charge on any atom is 0.350 e. The van der Waals surface area contributed by atoms with Crippen molar-refractivity contribution in [3.05, 3.63) is 40.4 Å². The quantitative estimate of drug-likeness (QED) is 0.810. The normalized spacial score (nSPS) is 11.7. The van der Waals surface area contributed by atoms with Crippen LogP contribution in [0, 0.1) is 13.8 Å². The van der Waals surface area contributed by atoms with Crippen molar-refractivity contribution in [1.82, 2.24) is 4.98 Å². The average Bonchev–Trinajstić information content (AvgIpc) is 2.90.